The van der Waals surface area contributed by atoms with Gasteiger partial charge in [-0.15, -0.1) is 0 Å². The Morgan fingerprint density at radius 2 is 1.70 bits per heavy atom. The summed E-state index contributed by atoms with van der Waals surface area (Å²) in [5, 5.41) is 0.675. The van der Waals surface area contributed by atoms with E-state index < -0.39 is 0 Å². The number of benzene rings is 1. The van der Waals surface area contributed by atoms with Gasteiger partial charge in [-0.2, -0.15) is 0 Å². The molecule has 3 heterocycles. The van der Waals surface area contributed by atoms with Gasteiger partial charge in [0.2, 0.25) is 5.95 Å². The van der Waals surface area contributed by atoms with Crippen molar-refractivity contribution in [2.24, 2.45) is 0 Å². The number of hydrogen-bond acceptors (Lipinski definition) is 5. The lowest BCUT2D eigenvalue weighted by molar-refractivity contribution is 1.08. The molecule has 0 atom stereocenters. The maximum absolute atomic E-state index is 5.99. The first kappa shape index (κ1) is 13.7. The molecule has 0 radical (unpaired) electrons. The van der Waals surface area contributed by atoms with E-state index >= 15 is 0 Å². The quantitative estimate of drug-likeness (QED) is 0.613. The minimum absolute atomic E-state index is 0.226. The van der Waals surface area contributed by atoms with E-state index in [0.717, 1.165) is 28.1 Å². The zero-order chi connectivity index (χ0) is 15.8. The third-order valence-electron chi connectivity index (χ3n) is 3.47. The molecule has 7 heteroatoms. The van der Waals surface area contributed by atoms with Crippen LogP contribution in [0, 0.1) is 0 Å². The molecule has 23 heavy (non-hydrogen) atoms. The molecule has 0 aliphatic heterocycles. The zero-order valence-corrected chi connectivity index (χ0v) is 12.6. The van der Waals surface area contributed by atoms with Gasteiger partial charge in [0.25, 0.3) is 0 Å². The van der Waals surface area contributed by atoms with Crippen molar-refractivity contribution >= 4 is 28.6 Å². The Balaban J connectivity index is 2.01. The standard InChI is InChI=1S/C16H11ClN6/c17-11-1-3-12(4-2-11)23-14-9-19-6-5-13(14)22-15(23)10-7-20-16(18)21-8-10/h1-9H,(H2,18,20,21). The predicted molar refractivity (Wildman–Crippen MR) is 89.3 cm³/mol. The number of rotatable bonds is 2. The maximum atomic E-state index is 5.99. The molecule has 0 aliphatic carbocycles. The van der Waals surface area contributed by atoms with Crippen LogP contribution in [0.5, 0.6) is 0 Å². The number of hydrogen-bond donors (Lipinski definition) is 1. The van der Waals surface area contributed by atoms with Gasteiger partial charge in [0, 0.05) is 29.3 Å². The van der Waals surface area contributed by atoms with Gasteiger partial charge < -0.3 is 5.73 Å². The van der Waals surface area contributed by atoms with Crippen molar-refractivity contribution in [1.29, 1.82) is 0 Å². The van der Waals surface area contributed by atoms with Crippen molar-refractivity contribution in [2.45, 2.75) is 0 Å². The number of aromatic nitrogens is 5. The Labute approximate surface area is 136 Å². The summed E-state index contributed by atoms with van der Waals surface area (Å²) in [6.45, 7) is 0. The van der Waals surface area contributed by atoms with E-state index in [1.165, 1.54) is 0 Å². The van der Waals surface area contributed by atoms with Gasteiger partial charge in [0.15, 0.2) is 0 Å². The monoisotopic (exact) mass is 322 g/mol. The molecule has 4 aromatic rings. The third-order valence-corrected chi connectivity index (χ3v) is 3.72. The van der Waals surface area contributed by atoms with Gasteiger partial charge in [-0.05, 0) is 30.3 Å². The highest BCUT2D eigenvalue weighted by Crippen LogP contribution is 2.28. The number of anilines is 1. The van der Waals surface area contributed by atoms with Crippen molar-refractivity contribution < 1.29 is 0 Å². The van der Waals surface area contributed by atoms with E-state index in [9.17, 15) is 0 Å². The largest absolute Gasteiger partial charge is 0.368 e. The molecule has 1 aromatic carbocycles. The Morgan fingerprint density at radius 3 is 2.43 bits per heavy atom. The first-order chi connectivity index (χ1) is 11.2. The van der Waals surface area contributed by atoms with Gasteiger partial charge in [-0.3, -0.25) is 9.55 Å². The second kappa shape index (κ2) is 5.33. The van der Waals surface area contributed by atoms with Gasteiger partial charge in [0.05, 0.1) is 22.8 Å². The van der Waals surface area contributed by atoms with Gasteiger partial charge in [-0.1, -0.05) is 11.6 Å². The Kier molecular flexibility index (Phi) is 3.17. The molecule has 0 saturated heterocycles. The van der Waals surface area contributed by atoms with Crippen LogP contribution in [0.1, 0.15) is 0 Å². The van der Waals surface area contributed by atoms with E-state index in [1.807, 2.05) is 34.9 Å². The minimum Gasteiger partial charge on any atom is -0.368 e. The van der Waals surface area contributed by atoms with Crippen LogP contribution in [0.15, 0.2) is 55.1 Å². The van der Waals surface area contributed by atoms with Gasteiger partial charge in [-0.25, -0.2) is 15.0 Å². The highest BCUT2D eigenvalue weighted by Gasteiger charge is 2.15. The summed E-state index contributed by atoms with van der Waals surface area (Å²) >= 11 is 5.99. The van der Waals surface area contributed by atoms with Crippen molar-refractivity contribution in [3.63, 3.8) is 0 Å². The molecule has 3 aromatic heterocycles. The number of imidazole rings is 1. The normalized spacial score (nSPS) is 11.0. The van der Waals surface area contributed by atoms with Crippen LogP contribution >= 0.6 is 11.6 Å². The summed E-state index contributed by atoms with van der Waals surface area (Å²) < 4.78 is 1.99. The number of nitrogens with zero attached hydrogens (tertiary/aromatic N) is 5. The molecule has 0 aliphatic rings. The van der Waals surface area contributed by atoms with Gasteiger partial charge in [0.1, 0.15) is 5.82 Å². The number of nitrogen functional groups attached to an aromatic ring is 1. The molecule has 0 unspecified atom stereocenters. The molecule has 0 spiro atoms. The van der Waals surface area contributed by atoms with E-state index in [1.54, 1.807) is 24.8 Å². The molecule has 112 valence electrons. The topological polar surface area (TPSA) is 82.5 Å². The fourth-order valence-electron chi connectivity index (χ4n) is 2.42. The van der Waals surface area contributed by atoms with Crippen molar-refractivity contribution in [2.75, 3.05) is 5.73 Å². The summed E-state index contributed by atoms with van der Waals surface area (Å²) in [4.78, 5) is 17.0. The van der Waals surface area contributed by atoms with E-state index in [-0.39, 0.29) is 5.95 Å². The average molecular weight is 323 g/mol. The third kappa shape index (κ3) is 2.39. The second-order valence-electron chi connectivity index (χ2n) is 4.94. The summed E-state index contributed by atoms with van der Waals surface area (Å²) in [5.41, 5.74) is 8.99. The van der Waals surface area contributed by atoms with Crippen LogP contribution in [0.2, 0.25) is 5.02 Å². The van der Waals surface area contributed by atoms with Gasteiger partial charge >= 0.3 is 0 Å². The Morgan fingerprint density at radius 1 is 0.957 bits per heavy atom. The molecular weight excluding hydrogens is 312 g/mol. The molecule has 0 bridgehead atoms. The number of fused-ring (bicyclic) bond motifs is 1. The maximum Gasteiger partial charge on any atom is 0.219 e. The lowest BCUT2D eigenvalue weighted by Crippen LogP contribution is -2.00. The lowest BCUT2D eigenvalue weighted by atomic mass is 10.2. The van der Waals surface area contributed by atoms with Crippen LogP contribution in [0.25, 0.3) is 28.1 Å². The molecular formula is C16H11ClN6. The highest BCUT2D eigenvalue weighted by atomic mass is 35.5. The molecule has 0 saturated carbocycles. The molecule has 0 fully saturated rings. The lowest BCUT2D eigenvalue weighted by Gasteiger charge is -2.09. The molecule has 2 N–H and O–H groups in total. The number of halogens is 1. The first-order valence-corrected chi connectivity index (χ1v) is 7.26. The van der Waals surface area contributed by atoms with E-state index in [0.29, 0.717) is 5.02 Å². The molecule has 0 amide bonds. The molecule has 4 rings (SSSR count). The Bertz CT molecular complexity index is 976. The summed E-state index contributed by atoms with van der Waals surface area (Å²) in [6.07, 6.45) is 6.80. The van der Waals surface area contributed by atoms with Crippen molar-refractivity contribution in [1.82, 2.24) is 24.5 Å². The predicted octanol–water partition coefficient (Wildman–Crippen LogP) is 3.11. The second-order valence-corrected chi connectivity index (χ2v) is 5.38. The summed E-state index contributed by atoms with van der Waals surface area (Å²) in [5.74, 6) is 0.944. The minimum atomic E-state index is 0.226. The number of pyridine rings is 1. The average Bonchev–Trinajstić information content (AvgIpc) is 2.96. The Hall–Kier alpha value is -2.99. The van der Waals surface area contributed by atoms with Crippen LogP contribution < -0.4 is 5.73 Å². The SMILES string of the molecule is Nc1ncc(-c2nc3ccncc3n2-c2ccc(Cl)cc2)cn1. The van der Waals surface area contributed by atoms with Crippen molar-refractivity contribution in [3.8, 4) is 17.1 Å². The fraction of sp³-hybridized carbons (Fsp3) is 0. The van der Waals surface area contributed by atoms with Crippen LogP contribution in [0.4, 0.5) is 5.95 Å². The highest BCUT2D eigenvalue weighted by molar-refractivity contribution is 6.30. The summed E-state index contributed by atoms with van der Waals surface area (Å²) in [7, 11) is 0. The molecule has 6 nitrogen and oxygen atoms in total. The first-order valence-electron chi connectivity index (χ1n) is 6.89. The smallest absolute Gasteiger partial charge is 0.219 e. The zero-order valence-electron chi connectivity index (χ0n) is 11.9. The van der Waals surface area contributed by atoms with E-state index in [2.05, 4.69) is 19.9 Å². The van der Waals surface area contributed by atoms with Crippen LogP contribution in [-0.2, 0) is 0 Å². The fourth-order valence-corrected chi connectivity index (χ4v) is 2.55. The van der Waals surface area contributed by atoms with Crippen LogP contribution in [0.3, 0.4) is 0 Å². The summed E-state index contributed by atoms with van der Waals surface area (Å²) in [6, 6.07) is 9.39. The van der Waals surface area contributed by atoms with Crippen LogP contribution in [-0.4, -0.2) is 24.5 Å². The number of nitrogens with two attached hydrogens (primary N) is 1. The van der Waals surface area contributed by atoms with E-state index in [4.69, 9.17) is 17.3 Å². The van der Waals surface area contributed by atoms with Crippen molar-refractivity contribution in [3.05, 3.63) is 60.1 Å².